The van der Waals surface area contributed by atoms with Gasteiger partial charge in [0, 0.05) is 0 Å². The van der Waals surface area contributed by atoms with Crippen molar-refractivity contribution in [1.82, 2.24) is 0 Å². The fourth-order valence-electron chi connectivity index (χ4n) is 0.415. The van der Waals surface area contributed by atoms with Gasteiger partial charge in [-0.1, -0.05) is 0 Å². The van der Waals surface area contributed by atoms with Crippen molar-refractivity contribution in [2.75, 3.05) is 6.61 Å². The third-order valence-electron chi connectivity index (χ3n) is 0.699. The SMILES string of the molecule is CCOC(=O)CC(C)=O.[OH][Ti]([OH])([OH])[OH]. The zero-order valence-corrected chi connectivity index (χ0v) is 9.49. The maximum absolute atomic E-state index is 10.4. The van der Waals surface area contributed by atoms with Crippen LogP contribution in [0.2, 0.25) is 0 Å². The van der Waals surface area contributed by atoms with Crippen molar-refractivity contribution in [2.24, 2.45) is 0 Å². The first-order chi connectivity index (χ1) is 6.16. The standard InChI is InChI=1S/C6H10O3.4H2O.Ti/c1-3-9-6(8)4-5(2)7;;;;;/h3-4H2,1-2H3;4*1H2;/q;;;;;+4/p-4. The Hall–Kier alpha value is -0.306. The third kappa shape index (κ3) is 29.8. The van der Waals surface area contributed by atoms with Crippen LogP contribution in [0.3, 0.4) is 0 Å². The topological polar surface area (TPSA) is 124 Å². The van der Waals surface area contributed by atoms with Gasteiger partial charge in [-0.05, 0) is 13.8 Å². The summed E-state index contributed by atoms with van der Waals surface area (Å²) in [7, 11) is 0. The van der Waals surface area contributed by atoms with Crippen molar-refractivity contribution < 1.29 is 47.2 Å². The van der Waals surface area contributed by atoms with Crippen molar-refractivity contribution in [3.63, 3.8) is 0 Å². The molecule has 0 saturated carbocycles. The van der Waals surface area contributed by atoms with Crippen LogP contribution in [0.5, 0.6) is 0 Å². The quantitative estimate of drug-likeness (QED) is 0.265. The molecule has 0 fully saturated rings. The first kappa shape index (κ1) is 16.1. The Bertz CT molecular complexity index is 179. The molecule has 0 saturated heterocycles. The van der Waals surface area contributed by atoms with E-state index < -0.39 is 24.1 Å². The Kier molecular flexibility index (Phi) is 9.27. The van der Waals surface area contributed by atoms with Crippen molar-refractivity contribution in [3.05, 3.63) is 0 Å². The fourth-order valence-corrected chi connectivity index (χ4v) is 0.415. The number of hydrogen-bond acceptors (Lipinski definition) is 7. The van der Waals surface area contributed by atoms with Crippen molar-refractivity contribution in [2.45, 2.75) is 20.3 Å². The van der Waals surface area contributed by atoms with Crippen LogP contribution >= 0.6 is 0 Å². The van der Waals surface area contributed by atoms with Crippen molar-refractivity contribution in [1.29, 1.82) is 0 Å². The van der Waals surface area contributed by atoms with Gasteiger partial charge in [-0.2, -0.15) is 0 Å². The van der Waals surface area contributed by atoms with Crippen LogP contribution in [-0.2, 0) is 32.5 Å². The Morgan fingerprint density at radius 1 is 1.21 bits per heavy atom. The van der Waals surface area contributed by atoms with Gasteiger partial charge in [0.1, 0.15) is 12.2 Å². The molecule has 84 valence electrons. The first-order valence-corrected chi connectivity index (χ1v) is 6.50. The number of hydrogen-bond donors (Lipinski definition) is 4. The second-order valence-electron chi connectivity index (χ2n) is 2.28. The van der Waals surface area contributed by atoms with E-state index in [-0.39, 0.29) is 12.2 Å². The second kappa shape index (κ2) is 8.04. The summed E-state index contributed by atoms with van der Waals surface area (Å²) < 4.78 is 34.0. The molecule has 0 aromatic heterocycles. The van der Waals surface area contributed by atoms with Gasteiger partial charge < -0.3 is 4.74 Å². The molecule has 0 bridgehead atoms. The summed E-state index contributed by atoms with van der Waals surface area (Å²) in [5, 5.41) is 0. The minimum absolute atomic E-state index is 0.103. The van der Waals surface area contributed by atoms with Crippen molar-refractivity contribution in [3.8, 4) is 0 Å². The minimum atomic E-state index is -5.00. The maximum atomic E-state index is 10.4. The van der Waals surface area contributed by atoms with Gasteiger partial charge in [0.2, 0.25) is 0 Å². The molecule has 0 aliphatic rings. The molecule has 0 atom stereocenters. The van der Waals surface area contributed by atoms with Crippen LogP contribution in [0.4, 0.5) is 0 Å². The summed E-state index contributed by atoms with van der Waals surface area (Å²) in [6.45, 7) is 3.40. The van der Waals surface area contributed by atoms with E-state index in [4.69, 9.17) is 14.8 Å². The van der Waals surface area contributed by atoms with Crippen LogP contribution in [-0.4, -0.2) is 33.1 Å². The molecule has 0 aromatic rings. The van der Waals surface area contributed by atoms with Gasteiger partial charge in [0.25, 0.3) is 0 Å². The normalized spacial score (nSPS) is 9.86. The van der Waals surface area contributed by atoms with Gasteiger partial charge in [0.15, 0.2) is 0 Å². The van der Waals surface area contributed by atoms with Crippen LogP contribution < -0.4 is 0 Å². The number of carbonyl (C=O) groups is 2. The molecule has 0 spiro atoms. The Balaban J connectivity index is 0. The molecule has 14 heavy (non-hydrogen) atoms. The Morgan fingerprint density at radius 3 is 1.79 bits per heavy atom. The summed E-state index contributed by atoms with van der Waals surface area (Å²) in [5.74, 6) is -0.599. The summed E-state index contributed by atoms with van der Waals surface area (Å²) in [6, 6.07) is 0. The number of Topliss-reactive ketones (excluding diaryl/α,β-unsaturated/α-hetero) is 1. The number of esters is 1. The molecular weight excluding hydrogens is 232 g/mol. The van der Waals surface area contributed by atoms with Crippen LogP contribution in [0.1, 0.15) is 20.3 Å². The van der Waals surface area contributed by atoms with Gasteiger partial charge in [-0.15, -0.1) is 0 Å². The summed E-state index contributed by atoms with van der Waals surface area (Å²) in [6.07, 6.45) is -0.103. The van der Waals surface area contributed by atoms with Crippen LogP contribution in [0.25, 0.3) is 0 Å². The molecule has 0 amide bonds. The van der Waals surface area contributed by atoms with E-state index in [1.165, 1.54) is 6.92 Å². The average molecular weight is 246 g/mol. The van der Waals surface area contributed by atoms with Gasteiger partial charge in [0.05, 0.1) is 6.61 Å². The van der Waals surface area contributed by atoms with Crippen LogP contribution in [0.15, 0.2) is 0 Å². The molecular formula is C6H14O7Ti. The first-order valence-electron chi connectivity index (χ1n) is 3.71. The zero-order valence-electron chi connectivity index (χ0n) is 7.93. The number of ketones is 1. The van der Waals surface area contributed by atoms with E-state index in [2.05, 4.69) is 4.74 Å². The molecule has 0 aromatic carbocycles. The second-order valence-corrected chi connectivity index (χ2v) is 4.16. The van der Waals surface area contributed by atoms with E-state index in [1.807, 2.05) is 0 Å². The molecule has 0 rings (SSSR count). The molecule has 0 aliphatic heterocycles. The Labute approximate surface area is 86.2 Å². The molecule has 4 N–H and O–H groups in total. The van der Waals surface area contributed by atoms with Crippen LogP contribution in [0, 0.1) is 0 Å². The van der Waals surface area contributed by atoms with E-state index >= 15 is 0 Å². The van der Waals surface area contributed by atoms with E-state index in [9.17, 15) is 9.59 Å². The monoisotopic (exact) mass is 246 g/mol. The third-order valence-corrected chi connectivity index (χ3v) is 0.699. The number of ether oxygens (including phenoxy) is 1. The molecule has 7 nitrogen and oxygen atoms in total. The van der Waals surface area contributed by atoms with Gasteiger partial charge in [-0.3, -0.25) is 9.59 Å². The molecule has 0 aliphatic carbocycles. The predicted molar refractivity (Wildman–Crippen MR) is 40.8 cm³/mol. The molecule has 0 unspecified atom stereocenters. The van der Waals surface area contributed by atoms with E-state index in [0.717, 1.165) is 0 Å². The average Bonchev–Trinajstić information content (AvgIpc) is 1.80. The Morgan fingerprint density at radius 2 is 1.57 bits per heavy atom. The van der Waals surface area contributed by atoms with Gasteiger partial charge >= 0.3 is 38.9 Å². The molecule has 0 heterocycles. The summed E-state index contributed by atoms with van der Waals surface area (Å²) in [4.78, 5) is 20.6. The molecule has 8 heteroatoms. The predicted octanol–water partition coefficient (Wildman–Crippen LogP) is -1.70. The van der Waals surface area contributed by atoms with E-state index in [1.54, 1.807) is 6.92 Å². The summed E-state index contributed by atoms with van der Waals surface area (Å²) in [5.41, 5.74) is 0. The van der Waals surface area contributed by atoms with Gasteiger partial charge in [-0.25, -0.2) is 0 Å². The fraction of sp³-hybridized carbons (Fsp3) is 0.667. The summed E-state index contributed by atoms with van der Waals surface area (Å²) >= 11 is -5.00. The number of carbonyl (C=O) groups excluding carboxylic acids is 2. The zero-order chi connectivity index (χ0) is 11.8. The molecule has 0 radical (unpaired) electrons. The number of rotatable bonds is 3. The van der Waals surface area contributed by atoms with Crippen molar-refractivity contribution >= 4 is 11.8 Å². The van der Waals surface area contributed by atoms with E-state index in [0.29, 0.717) is 6.61 Å².